The van der Waals surface area contributed by atoms with Gasteiger partial charge < -0.3 is 0 Å². The van der Waals surface area contributed by atoms with Crippen LogP contribution in [-0.2, 0) is 6.54 Å². The molecule has 0 unspecified atom stereocenters. The van der Waals surface area contributed by atoms with Gasteiger partial charge in [-0.1, -0.05) is 5.92 Å². The summed E-state index contributed by atoms with van der Waals surface area (Å²) in [6, 6.07) is 2.10. The summed E-state index contributed by atoms with van der Waals surface area (Å²) in [5.41, 5.74) is -0.226. The topological polar surface area (TPSA) is 12.0 Å². The fourth-order valence-corrected chi connectivity index (χ4v) is 2.20. The van der Waals surface area contributed by atoms with Gasteiger partial charge in [-0.3, -0.25) is 5.32 Å². The molecule has 0 spiro atoms. The predicted molar refractivity (Wildman–Crippen MR) is 61.8 cm³/mol. The Hall–Kier alpha value is -0.300. The SMILES string of the molecule is C#CC(C)(C)NCc1cc(Br)cs1. The Kier molecular flexibility index (Phi) is 3.55. The van der Waals surface area contributed by atoms with E-state index in [0.717, 1.165) is 11.0 Å². The summed E-state index contributed by atoms with van der Waals surface area (Å²) < 4.78 is 1.13. The first kappa shape index (κ1) is 10.8. The molecular formula is C10H12BrNS. The van der Waals surface area contributed by atoms with Gasteiger partial charge in [0.15, 0.2) is 0 Å². The first-order valence-corrected chi connectivity index (χ1v) is 5.66. The second-order valence-electron chi connectivity index (χ2n) is 3.35. The number of thiophene rings is 1. The number of hydrogen-bond donors (Lipinski definition) is 1. The van der Waals surface area contributed by atoms with Crippen LogP contribution in [0.4, 0.5) is 0 Å². The van der Waals surface area contributed by atoms with Crippen molar-refractivity contribution in [3.63, 3.8) is 0 Å². The van der Waals surface area contributed by atoms with Crippen LogP contribution in [-0.4, -0.2) is 5.54 Å². The molecule has 0 bridgehead atoms. The maximum atomic E-state index is 5.36. The smallest absolute Gasteiger partial charge is 0.0744 e. The van der Waals surface area contributed by atoms with Gasteiger partial charge >= 0.3 is 0 Å². The Labute approximate surface area is 91.7 Å². The van der Waals surface area contributed by atoms with E-state index in [4.69, 9.17) is 6.42 Å². The molecule has 0 saturated carbocycles. The molecule has 0 fully saturated rings. The normalized spacial score (nSPS) is 11.2. The van der Waals surface area contributed by atoms with Gasteiger partial charge in [-0.05, 0) is 35.8 Å². The molecule has 1 heterocycles. The van der Waals surface area contributed by atoms with Crippen molar-refractivity contribution in [3.05, 3.63) is 20.8 Å². The summed E-state index contributed by atoms with van der Waals surface area (Å²) in [5, 5.41) is 5.36. The number of halogens is 1. The highest BCUT2D eigenvalue weighted by Crippen LogP contribution is 2.19. The van der Waals surface area contributed by atoms with E-state index < -0.39 is 0 Å². The first-order chi connectivity index (χ1) is 6.03. The second-order valence-corrected chi connectivity index (χ2v) is 5.27. The van der Waals surface area contributed by atoms with E-state index in [2.05, 4.69) is 38.6 Å². The summed E-state index contributed by atoms with van der Waals surface area (Å²) in [6.07, 6.45) is 5.36. The lowest BCUT2D eigenvalue weighted by Crippen LogP contribution is -2.36. The van der Waals surface area contributed by atoms with Crippen molar-refractivity contribution in [2.45, 2.75) is 25.9 Å². The van der Waals surface area contributed by atoms with Crippen LogP contribution in [0.1, 0.15) is 18.7 Å². The van der Waals surface area contributed by atoms with Gasteiger partial charge in [0.2, 0.25) is 0 Å². The Morgan fingerprint density at radius 1 is 1.69 bits per heavy atom. The Bertz CT molecular complexity index is 322. The molecule has 0 atom stereocenters. The van der Waals surface area contributed by atoms with Crippen LogP contribution in [0.5, 0.6) is 0 Å². The summed E-state index contributed by atoms with van der Waals surface area (Å²) in [5.74, 6) is 2.70. The Balaban J connectivity index is 2.49. The summed E-state index contributed by atoms with van der Waals surface area (Å²) in [6.45, 7) is 4.82. The third-order valence-corrected chi connectivity index (χ3v) is 3.38. The fourth-order valence-electron chi connectivity index (χ4n) is 0.806. The van der Waals surface area contributed by atoms with E-state index in [-0.39, 0.29) is 5.54 Å². The summed E-state index contributed by atoms with van der Waals surface area (Å²) in [7, 11) is 0. The molecule has 13 heavy (non-hydrogen) atoms. The van der Waals surface area contributed by atoms with E-state index in [1.54, 1.807) is 11.3 Å². The molecule has 1 nitrogen and oxygen atoms in total. The van der Waals surface area contributed by atoms with E-state index in [1.165, 1.54) is 4.88 Å². The number of terminal acetylenes is 1. The van der Waals surface area contributed by atoms with Gasteiger partial charge in [-0.15, -0.1) is 17.8 Å². The fraction of sp³-hybridized carbons (Fsp3) is 0.400. The molecular weight excluding hydrogens is 246 g/mol. The highest BCUT2D eigenvalue weighted by molar-refractivity contribution is 9.10. The van der Waals surface area contributed by atoms with Gasteiger partial charge in [0, 0.05) is 21.3 Å². The van der Waals surface area contributed by atoms with Gasteiger partial charge in [0.1, 0.15) is 0 Å². The highest BCUT2D eigenvalue weighted by atomic mass is 79.9. The minimum Gasteiger partial charge on any atom is -0.297 e. The third kappa shape index (κ3) is 3.51. The van der Waals surface area contributed by atoms with E-state index in [1.807, 2.05) is 13.8 Å². The highest BCUT2D eigenvalue weighted by Gasteiger charge is 2.12. The predicted octanol–water partition coefficient (Wildman–Crippen LogP) is 3.01. The van der Waals surface area contributed by atoms with Gasteiger partial charge in [0.25, 0.3) is 0 Å². The third-order valence-electron chi connectivity index (χ3n) is 1.69. The van der Waals surface area contributed by atoms with Gasteiger partial charge in [-0.2, -0.15) is 0 Å². The van der Waals surface area contributed by atoms with Crippen LogP contribution in [0, 0.1) is 12.3 Å². The maximum Gasteiger partial charge on any atom is 0.0744 e. The molecule has 70 valence electrons. The van der Waals surface area contributed by atoms with E-state index >= 15 is 0 Å². The molecule has 1 N–H and O–H groups in total. The van der Waals surface area contributed by atoms with Crippen molar-refractivity contribution < 1.29 is 0 Å². The average molecular weight is 258 g/mol. The molecule has 1 rings (SSSR count). The molecule has 0 aliphatic carbocycles. The zero-order chi connectivity index (χ0) is 9.90. The van der Waals surface area contributed by atoms with Crippen LogP contribution in [0.25, 0.3) is 0 Å². The largest absolute Gasteiger partial charge is 0.297 e. The van der Waals surface area contributed by atoms with Crippen LogP contribution in [0.15, 0.2) is 15.9 Å². The monoisotopic (exact) mass is 257 g/mol. The summed E-state index contributed by atoms with van der Waals surface area (Å²) >= 11 is 5.13. The minimum atomic E-state index is -0.226. The molecule has 0 aliphatic heterocycles. The van der Waals surface area contributed by atoms with E-state index in [0.29, 0.717) is 0 Å². The quantitative estimate of drug-likeness (QED) is 0.822. The molecule has 0 amide bonds. The van der Waals surface area contributed by atoms with Crippen LogP contribution in [0.2, 0.25) is 0 Å². The maximum absolute atomic E-state index is 5.36. The molecule has 0 saturated heterocycles. The second kappa shape index (κ2) is 4.28. The molecule has 3 heteroatoms. The zero-order valence-electron chi connectivity index (χ0n) is 7.73. The van der Waals surface area contributed by atoms with Gasteiger partial charge in [-0.25, -0.2) is 0 Å². The first-order valence-electron chi connectivity index (χ1n) is 3.99. The molecule has 1 aromatic heterocycles. The van der Waals surface area contributed by atoms with Crippen molar-refractivity contribution in [3.8, 4) is 12.3 Å². The molecule has 0 aliphatic rings. The minimum absolute atomic E-state index is 0.226. The number of hydrogen-bond acceptors (Lipinski definition) is 2. The molecule has 1 aromatic rings. The molecule has 0 radical (unpaired) electrons. The van der Waals surface area contributed by atoms with Crippen LogP contribution >= 0.6 is 27.3 Å². The zero-order valence-corrected chi connectivity index (χ0v) is 10.1. The summed E-state index contributed by atoms with van der Waals surface area (Å²) in [4.78, 5) is 1.29. The van der Waals surface area contributed by atoms with E-state index in [9.17, 15) is 0 Å². The van der Waals surface area contributed by atoms with Crippen molar-refractivity contribution in [2.75, 3.05) is 0 Å². The van der Waals surface area contributed by atoms with Crippen molar-refractivity contribution >= 4 is 27.3 Å². The number of rotatable bonds is 3. The van der Waals surface area contributed by atoms with Crippen molar-refractivity contribution in [2.24, 2.45) is 0 Å². The van der Waals surface area contributed by atoms with Crippen LogP contribution in [0.3, 0.4) is 0 Å². The van der Waals surface area contributed by atoms with Crippen LogP contribution < -0.4 is 5.32 Å². The molecule has 0 aromatic carbocycles. The van der Waals surface area contributed by atoms with Crippen molar-refractivity contribution in [1.82, 2.24) is 5.32 Å². The average Bonchev–Trinajstić information content (AvgIpc) is 2.48. The van der Waals surface area contributed by atoms with Crippen molar-refractivity contribution in [1.29, 1.82) is 0 Å². The Morgan fingerprint density at radius 3 is 2.85 bits per heavy atom. The van der Waals surface area contributed by atoms with Gasteiger partial charge in [0.05, 0.1) is 5.54 Å². The lowest BCUT2D eigenvalue weighted by Gasteiger charge is -2.18. The lowest BCUT2D eigenvalue weighted by atomic mass is 10.1. The Morgan fingerprint density at radius 2 is 2.38 bits per heavy atom. The number of nitrogens with one attached hydrogen (secondary N) is 1. The lowest BCUT2D eigenvalue weighted by molar-refractivity contribution is 0.494. The standard InChI is InChI=1S/C10H12BrNS/c1-4-10(2,3)12-6-9-5-8(11)7-13-9/h1,5,7,12H,6H2,2-3H3.